The average molecular weight is 361 g/mol. The van der Waals surface area contributed by atoms with Gasteiger partial charge in [0, 0.05) is 13.6 Å². The number of carbonyl (C=O) groups is 2. The van der Waals surface area contributed by atoms with Crippen LogP contribution in [0.2, 0.25) is 0 Å². The molecule has 144 valence electrons. The quantitative estimate of drug-likeness (QED) is 0.793. The number of nitrogens with zero attached hydrogens (tertiary/aromatic N) is 2. The predicted molar refractivity (Wildman–Crippen MR) is 96.4 cm³/mol. The summed E-state index contributed by atoms with van der Waals surface area (Å²) in [5.74, 6) is 2.80. The number of rotatable bonds is 2. The van der Waals surface area contributed by atoms with Crippen LogP contribution in [0.15, 0.2) is 0 Å². The Bertz CT molecular complexity index is 593. The summed E-state index contributed by atoms with van der Waals surface area (Å²) in [5.41, 5.74) is -0.321. The first-order valence-corrected chi connectivity index (χ1v) is 10.3. The summed E-state index contributed by atoms with van der Waals surface area (Å²) >= 11 is 0. The van der Waals surface area contributed by atoms with Crippen LogP contribution in [0.1, 0.15) is 38.5 Å². The second-order valence-electron chi connectivity index (χ2n) is 9.90. The fraction of sp³-hybridized carbons (Fsp3) is 0.900. The van der Waals surface area contributed by atoms with Crippen LogP contribution < -0.4 is 5.32 Å². The minimum atomic E-state index is -0.267. The molecule has 0 aromatic carbocycles. The summed E-state index contributed by atoms with van der Waals surface area (Å²) in [6.45, 7) is 2.52. The summed E-state index contributed by atoms with van der Waals surface area (Å²) < 4.78 is 6.11. The normalized spacial score (nSPS) is 43.4. The van der Waals surface area contributed by atoms with Crippen molar-refractivity contribution in [3.05, 3.63) is 0 Å². The average Bonchev–Trinajstić information content (AvgIpc) is 2.57. The molecule has 2 amide bonds. The van der Waals surface area contributed by atoms with E-state index in [1.54, 1.807) is 7.05 Å². The van der Waals surface area contributed by atoms with Gasteiger partial charge in [-0.15, -0.1) is 0 Å². The van der Waals surface area contributed by atoms with Crippen LogP contribution in [0, 0.1) is 23.2 Å². The summed E-state index contributed by atoms with van der Waals surface area (Å²) in [7, 11) is 3.64. The molecule has 6 rings (SSSR count). The Morgan fingerprint density at radius 3 is 2.08 bits per heavy atom. The van der Waals surface area contributed by atoms with Gasteiger partial charge in [-0.25, -0.2) is 0 Å². The SMILES string of the molecule is CNC(=O)C1COC2(CN(C(=O)C34CC5CC(CC(C5)C3)C4)C2)CN1C. The van der Waals surface area contributed by atoms with Crippen LogP contribution in [0.3, 0.4) is 0 Å². The lowest BCUT2D eigenvalue weighted by molar-refractivity contribution is -0.211. The molecule has 6 aliphatic rings. The number of likely N-dealkylation sites (N-methyl/N-ethyl adjacent to an activating group) is 2. The first-order chi connectivity index (χ1) is 12.4. The smallest absolute Gasteiger partial charge is 0.239 e. The van der Waals surface area contributed by atoms with Gasteiger partial charge in [0.1, 0.15) is 11.6 Å². The van der Waals surface area contributed by atoms with Gasteiger partial charge in [-0.2, -0.15) is 0 Å². The molecule has 1 spiro atoms. The molecule has 1 unspecified atom stereocenters. The number of ether oxygens (including phenoxy) is 1. The molecule has 0 aromatic rings. The highest BCUT2D eigenvalue weighted by Crippen LogP contribution is 2.61. The van der Waals surface area contributed by atoms with Crippen molar-refractivity contribution in [3.8, 4) is 0 Å². The molecule has 4 bridgehead atoms. The third-order valence-corrected chi connectivity index (χ3v) is 7.90. The number of nitrogens with one attached hydrogen (secondary N) is 1. The minimum Gasteiger partial charge on any atom is -0.368 e. The van der Waals surface area contributed by atoms with Crippen molar-refractivity contribution in [1.29, 1.82) is 0 Å². The Morgan fingerprint density at radius 2 is 1.58 bits per heavy atom. The van der Waals surface area contributed by atoms with E-state index < -0.39 is 0 Å². The van der Waals surface area contributed by atoms with E-state index in [-0.39, 0.29) is 23.0 Å². The number of amides is 2. The molecule has 2 saturated heterocycles. The number of hydrogen-bond donors (Lipinski definition) is 1. The second-order valence-corrected chi connectivity index (χ2v) is 9.90. The monoisotopic (exact) mass is 361 g/mol. The molecule has 2 aliphatic heterocycles. The first-order valence-electron chi connectivity index (χ1n) is 10.3. The van der Waals surface area contributed by atoms with E-state index in [0.717, 1.165) is 43.6 Å². The van der Waals surface area contributed by atoms with Crippen LogP contribution in [-0.4, -0.2) is 73.6 Å². The van der Waals surface area contributed by atoms with Gasteiger partial charge in [0.2, 0.25) is 11.8 Å². The van der Waals surface area contributed by atoms with Crippen molar-refractivity contribution in [2.45, 2.75) is 50.2 Å². The Morgan fingerprint density at radius 1 is 1.00 bits per heavy atom. The zero-order valence-corrected chi connectivity index (χ0v) is 16.0. The Hall–Kier alpha value is -1.14. The van der Waals surface area contributed by atoms with Gasteiger partial charge in [-0.05, 0) is 63.3 Å². The van der Waals surface area contributed by atoms with Crippen molar-refractivity contribution in [2.24, 2.45) is 23.2 Å². The molecule has 6 fully saturated rings. The molecule has 0 radical (unpaired) electrons. The zero-order chi connectivity index (χ0) is 18.1. The van der Waals surface area contributed by atoms with Crippen LogP contribution in [0.5, 0.6) is 0 Å². The van der Waals surface area contributed by atoms with Crippen LogP contribution in [-0.2, 0) is 14.3 Å². The van der Waals surface area contributed by atoms with Crippen molar-refractivity contribution in [2.75, 3.05) is 40.3 Å². The number of morpholine rings is 1. The van der Waals surface area contributed by atoms with E-state index >= 15 is 0 Å². The predicted octanol–water partition coefficient (Wildman–Crippen LogP) is 0.860. The highest BCUT2D eigenvalue weighted by Gasteiger charge is 2.59. The van der Waals surface area contributed by atoms with Crippen molar-refractivity contribution < 1.29 is 14.3 Å². The third-order valence-electron chi connectivity index (χ3n) is 7.90. The molecule has 1 N–H and O–H groups in total. The van der Waals surface area contributed by atoms with Crippen LogP contribution in [0.4, 0.5) is 0 Å². The molecule has 2 heterocycles. The molecule has 1 atom stereocenters. The number of carbonyl (C=O) groups excluding carboxylic acids is 2. The molecule has 6 nitrogen and oxygen atoms in total. The molecule has 0 aromatic heterocycles. The molecular weight excluding hydrogens is 330 g/mol. The van der Waals surface area contributed by atoms with Crippen LogP contribution >= 0.6 is 0 Å². The molecule has 6 heteroatoms. The van der Waals surface area contributed by atoms with E-state index in [1.165, 1.54) is 19.3 Å². The van der Waals surface area contributed by atoms with Crippen molar-refractivity contribution >= 4 is 11.8 Å². The second kappa shape index (κ2) is 5.68. The molecule has 4 aliphatic carbocycles. The van der Waals surface area contributed by atoms with E-state index in [4.69, 9.17) is 4.74 Å². The molecule has 4 saturated carbocycles. The zero-order valence-electron chi connectivity index (χ0n) is 16.0. The lowest BCUT2D eigenvalue weighted by atomic mass is 9.49. The van der Waals surface area contributed by atoms with Crippen molar-refractivity contribution in [3.63, 3.8) is 0 Å². The van der Waals surface area contributed by atoms with E-state index in [1.807, 2.05) is 7.05 Å². The Balaban J connectivity index is 1.23. The molecular formula is C20H31N3O3. The maximum Gasteiger partial charge on any atom is 0.239 e. The largest absolute Gasteiger partial charge is 0.368 e. The first kappa shape index (κ1) is 17.0. The van der Waals surface area contributed by atoms with Crippen LogP contribution in [0.25, 0.3) is 0 Å². The lowest BCUT2D eigenvalue weighted by Crippen LogP contribution is -2.74. The summed E-state index contributed by atoms with van der Waals surface area (Å²) in [5, 5.41) is 2.70. The summed E-state index contributed by atoms with van der Waals surface area (Å²) in [4.78, 5) is 29.5. The van der Waals surface area contributed by atoms with Crippen molar-refractivity contribution in [1.82, 2.24) is 15.1 Å². The third kappa shape index (κ3) is 2.44. The van der Waals surface area contributed by atoms with Gasteiger partial charge < -0.3 is 15.0 Å². The van der Waals surface area contributed by atoms with E-state index in [9.17, 15) is 9.59 Å². The Kier molecular flexibility index (Phi) is 3.71. The Labute approximate surface area is 155 Å². The summed E-state index contributed by atoms with van der Waals surface area (Å²) in [6.07, 6.45) is 7.48. The van der Waals surface area contributed by atoms with Gasteiger partial charge >= 0.3 is 0 Å². The molecule has 26 heavy (non-hydrogen) atoms. The fourth-order valence-electron chi connectivity index (χ4n) is 7.13. The topological polar surface area (TPSA) is 61.9 Å². The van der Waals surface area contributed by atoms with Gasteiger partial charge in [0.25, 0.3) is 0 Å². The standard InChI is InChI=1S/C20H31N3O3/c1-21-17(24)16-9-26-20(10-22(16)2)11-23(12-20)18(25)19-6-13-3-14(7-19)5-15(4-13)8-19/h13-16H,3-12H2,1-2H3,(H,21,24). The van der Waals surface area contributed by atoms with E-state index in [2.05, 4.69) is 15.1 Å². The van der Waals surface area contributed by atoms with Gasteiger partial charge in [-0.3, -0.25) is 14.5 Å². The maximum atomic E-state index is 13.4. The highest BCUT2D eigenvalue weighted by molar-refractivity contribution is 5.84. The van der Waals surface area contributed by atoms with Gasteiger partial charge in [0.05, 0.1) is 25.1 Å². The minimum absolute atomic E-state index is 0.00294. The fourth-order valence-corrected chi connectivity index (χ4v) is 7.13. The van der Waals surface area contributed by atoms with Gasteiger partial charge in [0.15, 0.2) is 0 Å². The van der Waals surface area contributed by atoms with Gasteiger partial charge in [-0.1, -0.05) is 0 Å². The summed E-state index contributed by atoms with van der Waals surface area (Å²) in [6, 6.07) is -0.224. The maximum absolute atomic E-state index is 13.4. The number of likely N-dealkylation sites (tertiary alicyclic amines) is 1. The van der Waals surface area contributed by atoms with E-state index in [0.29, 0.717) is 25.6 Å². The highest BCUT2D eigenvalue weighted by atomic mass is 16.5. The number of hydrogen-bond acceptors (Lipinski definition) is 4. The lowest BCUT2D eigenvalue weighted by Gasteiger charge is -2.60.